The Balaban J connectivity index is 1.64. The van der Waals surface area contributed by atoms with Gasteiger partial charge in [-0.1, -0.05) is 24.3 Å². The van der Waals surface area contributed by atoms with Crippen molar-refractivity contribution in [2.24, 2.45) is 0 Å². The molecule has 0 saturated carbocycles. The summed E-state index contributed by atoms with van der Waals surface area (Å²) in [7, 11) is 0. The molecule has 2 aromatic rings. The summed E-state index contributed by atoms with van der Waals surface area (Å²) in [6.45, 7) is 2.79. The molecule has 0 saturated heterocycles. The molecule has 0 radical (unpaired) electrons. The summed E-state index contributed by atoms with van der Waals surface area (Å²) in [5, 5.41) is 0. The van der Waals surface area contributed by atoms with E-state index in [1.54, 1.807) is 24.1 Å². The molecule has 6 heteroatoms. The van der Waals surface area contributed by atoms with Crippen LogP contribution >= 0.6 is 15.9 Å². The van der Waals surface area contributed by atoms with Crippen LogP contribution in [0.15, 0.2) is 47.2 Å². The summed E-state index contributed by atoms with van der Waals surface area (Å²) in [6.07, 6.45) is 2.98. The number of hydrogen-bond donors (Lipinski definition) is 0. The van der Waals surface area contributed by atoms with Gasteiger partial charge in [-0.2, -0.15) is 0 Å². The molecular weight excluding hydrogens is 372 g/mol. The Morgan fingerprint density at radius 2 is 2.00 bits per heavy atom. The minimum Gasteiger partial charge on any atom is -0.449 e. The van der Waals surface area contributed by atoms with Crippen molar-refractivity contribution in [3.8, 4) is 0 Å². The fourth-order valence-corrected chi connectivity index (χ4v) is 3.11. The van der Waals surface area contributed by atoms with E-state index in [2.05, 4.69) is 27.0 Å². The number of fused-ring (bicyclic) bond motifs is 1. The zero-order valence-electron chi connectivity index (χ0n) is 13.2. The van der Waals surface area contributed by atoms with Crippen molar-refractivity contribution in [2.75, 3.05) is 6.54 Å². The molecule has 5 nitrogen and oxygen atoms in total. The maximum absolute atomic E-state index is 12.6. The summed E-state index contributed by atoms with van der Waals surface area (Å²) in [4.78, 5) is 30.4. The van der Waals surface area contributed by atoms with Gasteiger partial charge in [0.15, 0.2) is 6.10 Å². The third kappa shape index (κ3) is 3.64. The van der Waals surface area contributed by atoms with Crippen LogP contribution in [-0.2, 0) is 22.5 Å². The third-order valence-electron chi connectivity index (χ3n) is 4.01. The zero-order valence-corrected chi connectivity index (χ0v) is 14.8. The number of halogens is 1. The second-order valence-electron chi connectivity index (χ2n) is 5.72. The summed E-state index contributed by atoms with van der Waals surface area (Å²) >= 11 is 3.26. The van der Waals surface area contributed by atoms with Gasteiger partial charge in [0.05, 0.1) is 5.56 Å². The highest BCUT2D eigenvalue weighted by atomic mass is 79.9. The van der Waals surface area contributed by atoms with Crippen LogP contribution < -0.4 is 0 Å². The first kappa shape index (κ1) is 16.6. The summed E-state index contributed by atoms with van der Waals surface area (Å²) < 4.78 is 5.99. The van der Waals surface area contributed by atoms with Crippen molar-refractivity contribution < 1.29 is 14.3 Å². The van der Waals surface area contributed by atoms with E-state index >= 15 is 0 Å². The predicted octanol–water partition coefficient (Wildman–Crippen LogP) is 2.97. The van der Waals surface area contributed by atoms with Crippen molar-refractivity contribution in [2.45, 2.75) is 26.0 Å². The Bertz CT molecular complexity index is 778. The molecule has 0 bridgehead atoms. The molecule has 1 aromatic heterocycles. The molecule has 2 heterocycles. The average molecular weight is 389 g/mol. The summed E-state index contributed by atoms with van der Waals surface area (Å²) in [6, 6.07) is 9.70. The molecule has 1 aliphatic heterocycles. The number of rotatable bonds is 3. The predicted molar refractivity (Wildman–Crippen MR) is 92.4 cm³/mol. The number of benzene rings is 1. The van der Waals surface area contributed by atoms with Crippen LogP contribution in [0.5, 0.6) is 0 Å². The molecule has 0 aliphatic carbocycles. The van der Waals surface area contributed by atoms with E-state index in [4.69, 9.17) is 4.74 Å². The number of ether oxygens (including phenoxy) is 1. The van der Waals surface area contributed by atoms with E-state index in [1.165, 1.54) is 11.8 Å². The minimum absolute atomic E-state index is 0.180. The summed E-state index contributed by atoms with van der Waals surface area (Å²) in [5.41, 5.74) is 2.73. The highest BCUT2D eigenvalue weighted by Gasteiger charge is 2.27. The lowest BCUT2D eigenvalue weighted by Gasteiger charge is -2.30. The van der Waals surface area contributed by atoms with E-state index in [-0.39, 0.29) is 5.91 Å². The molecule has 124 valence electrons. The lowest BCUT2D eigenvalue weighted by atomic mass is 9.99. The van der Waals surface area contributed by atoms with Gasteiger partial charge in [0, 0.05) is 30.0 Å². The van der Waals surface area contributed by atoms with Crippen LogP contribution in [0.2, 0.25) is 0 Å². The van der Waals surface area contributed by atoms with Gasteiger partial charge in [-0.25, -0.2) is 4.79 Å². The van der Waals surface area contributed by atoms with Crippen molar-refractivity contribution in [1.82, 2.24) is 9.88 Å². The topological polar surface area (TPSA) is 59.5 Å². The number of esters is 1. The standard InChI is InChI=1S/C18H17BrN2O3/c1-12(24-18(23)15-8-16(19)10-20-9-15)17(22)21-7-6-13-4-2-3-5-14(13)11-21/h2-5,8-10,12H,6-7,11H2,1H3/t12-/m1/s1. The normalized spacial score (nSPS) is 14.7. The van der Waals surface area contributed by atoms with Crippen LogP contribution in [0, 0.1) is 0 Å². The Labute approximate surface area is 148 Å². The molecule has 0 fully saturated rings. The number of hydrogen-bond acceptors (Lipinski definition) is 4. The molecule has 0 spiro atoms. The van der Waals surface area contributed by atoms with Gasteiger partial charge in [0.1, 0.15) is 0 Å². The van der Waals surface area contributed by atoms with Gasteiger partial charge in [-0.3, -0.25) is 9.78 Å². The Kier molecular flexibility index (Phi) is 4.94. The van der Waals surface area contributed by atoms with Gasteiger partial charge in [-0.15, -0.1) is 0 Å². The van der Waals surface area contributed by atoms with Crippen LogP contribution in [0.4, 0.5) is 0 Å². The van der Waals surface area contributed by atoms with Gasteiger partial charge in [0.2, 0.25) is 0 Å². The average Bonchev–Trinajstić information content (AvgIpc) is 2.60. The monoisotopic (exact) mass is 388 g/mol. The minimum atomic E-state index is -0.832. The maximum Gasteiger partial charge on any atom is 0.340 e. The maximum atomic E-state index is 12.6. The molecule has 1 aliphatic rings. The molecular formula is C18H17BrN2O3. The Hall–Kier alpha value is -2.21. The first-order valence-electron chi connectivity index (χ1n) is 7.71. The van der Waals surface area contributed by atoms with Crippen LogP contribution in [0.1, 0.15) is 28.4 Å². The number of pyridine rings is 1. The van der Waals surface area contributed by atoms with E-state index in [0.717, 1.165) is 12.0 Å². The number of nitrogens with zero attached hydrogens (tertiary/aromatic N) is 2. The van der Waals surface area contributed by atoms with Gasteiger partial charge >= 0.3 is 5.97 Å². The van der Waals surface area contributed by atoms with Gasteiger partial charge in [0.25, 0.3) is 5.91 Å². The van der Waals surface area contributed by atoms with Gasteiger partial charge in [-0.05, 0) is 46.5 Å². The number of carbonyl (C=O) groups excluding carboxylic acids is 2. The Morgan fingerprint density at radius 1 is 1.25 bits per heavy atom. The molecule has 3 rings (SSSR count). The molecule has 0 unspecified atom stereocenters. The molecule has 0 N–H and O–H groups in total. The number of carbonyl (C=O) groups is 2. The highest BCUT2D eigenvalue weighted by Crippen LogP contribution is 2.20. The SMILES string of the molecule is C[C@@H](OC(=O)c1cncc(Br)c1)C(=O)N1CCc2ccccc2C1. The molecule has 1 aromatic carbocycles. The molecule has 1 amide bonds. The van der Waals surface area contributed by atoms with Crippen molar-refractivity contribution in [1.29, 1.82) is 0 Å². The highest BCUT2D eigenvalue weighted by molar-refractivity contribution is 9.10. The smallest absolute Gasteiger partial charge is 0.340 e. The van der Waals surface area contributed by atoms with Gasteiger partial charge < -0.3 is 9.64 Å². The largest absolute Gasteiger partial charge is 0.449 e. The first-order chi connectivity index (χ1) is 11.5. The van der Waals surface area contributed by atoms with E-state index in [9.17, 15) is 9.59 Å². The quantitative estimate of drug-likeness (QED) is 0.758. The van der Waals surface area contributed by atoms with Crippen LogP contribution in [0.3, 0.4) is 0 Å². The van der Waals surface area contributed by atoms with E-state index in [1.807, 2.05) is 18.2 Å². The van der Waals surface area contributed by atoms with Crippen molar-refractivity contribution in [3.63, 3.8) is 0 Å². The second kappa shape index (κ2) is 7.13. The lowest BCUT2D eigenvalue weighted by molar-refractivity contribution is -0.140. The van der Waals surface area contributed by atoms with Crippen molar-refractivity contribution >= 4 is 27.8 Å². The number of aromatic nitrogens is 1. The lowest BCUT2D eigenvalue weighted by Crippen LogP contribution is -2.42. The van der Waals surface area contributed by atoms with Crippen LogP contribution in [0.25, 0.3) is 0 Å². The first-order valence-corrected chi connectivity index (χ1v) is 8.51. The van der Waals surface area contributed by atoms with Crippen molar-refractivity contribution in [3.05, 3.63) is 63.9 Å². The zero-order chi connectivity index (χ0) is 17.1. The number of amides is 1. The van der Waals surface area contributed by atoms with Crippen LogP contribution in [-0.4, -0.2) is 34.4 Å². The third-order valence-corrected chi connectivity index (χ3v) is 4.45. The second-order valence-corrected chi connectivity index (χ2v) is 6.63. The van der Waals surface area contributed by atoms with E-state index in [0.29, 0.717) is 23.1 Å². The fourth-order valence-electron chi connectivity index (χ4n) is 2.74. The van der Waals surface area contributed by atoms with E-state index < -0.39 is 12.1 Å². The Morgan fingerprint density at radius 3 is 2.75 bits per heavy atom. The molecule has 24 heavy (non-hydrogen) atoms. The molecule has 1 atom stereocenters. The fraction of sp³-hybridized carbons (Fsp3) is 0.278. The summed E-state index contributed by atoms with van der Waals surface area (Å²) in [5.74, 6) is -0.733.